The van der Waals surface area contributed by atoms with E-state index in [0.29, 0.717) is 5.56 Å². The minimum Gasteiger partial charge on any atom is -0.477 e. The highest BCUT2D eigenvalue weighted by molar-refractivity contribution is 5.75. The fourth-order valence-electron chi connectivity index (χ4n) is 0.883. The van der Waals surface area contributed by atoms with Crippen molar-refractivity contribution in [3.63, 3.8) is 0 Å². The van der Waals surface area contributed by atoms with E-state index in [9.17, 15) is 13.6 Å². The van der Waals surface area contributed by atoms with Crippen LogP contribution in [0.3, 0.4) is 0 Å². The average Bonchev–Trinajstić information content (AvgIpc) is 2.35. The van der Waals surface area contributed by atoms with Gasteiger partial charge in [0.05, 0.1) is 18.9 Å². The number of rotatable bonds is 3. The van der Waals surface area contributed by atoms with Gasteiger partial charge in [0.1, 0.15) is 0 Å². The number of hydrogen-bond donors (Lipinski definition) is 1. The van der Waals surface area contributed by atoms with Crippen molar-refractivity contribution < 1.29 is 23.1 Å². The van der Waals surface area contributed by atoms with Gasteiger partial charge in [-0.3, -0.25) is 0 Å². The topological polar surface area (TPSA) is 50.4 Å². The van der Waals surface area contributed by atoms with Crippen LogP contribution in [0, 0.1) is 6.92 Å². The Morgan fingerprint density at radius 2 is 2.23 bits per heavy atom. The lowest BCUT2D eigenvalue weighted by molar-refractivity contribution is -0.164. The molecular formula is C8H8F2O3. The second-order valence-corrected chi connectivity index (χ2v) is 2.77. The molecule has 0 spiro atoms. The lowest BCUT2D eigenvalue weighted by atomic mass is 10.1. The molecule has 0 fully saturated rings. The van der Waals surface area contributed by atoms with Gasteiger partial charge in [-0.25, -0.2) is 4.79 Å². The van der Waals surface area contributed by atoms with Gasteiger partial charge in [-0.2, -0.15) is 8.78 Å². The fourth-order valence-corrected chi connectivity index (χ4v) is 0.883. The van der Waals surface area contributed by atoms with Crippen LogP contribution in [0.4, 0.5) is 8.78 Å². The van der Waals surface area contributed by atoms with E-state index in [1.807, 2.05) is 0 Å². The number of hydrogen-bond acceptors (Lipinski definition) is 2. The quantitative estimate of drug-likeness (QED) is 0.791. The summed E-state index contributed by atoms with van der Waals surface area (Å²) in [5.41, 5.74) is 0.744. The molecule has 0 aliphatic heterocycles. The summed E-state index contributed by atoms with van der Waals surface area (Å²) >= 11 is 0. The molecule has 0 atom stereocenters. The Balaban J connectivity index is 2.80. The zero-order valence-corrected chi connectivity index (χ0v) is 6.88. The van der Waals surface area contributed by atoms with Gasteiger partial charge < -0.3 is 9.52 Å². The largest absolute Gasteiger partial charge is 0.477 e. The highest BCUT2D eigenvalue weighted by Gasteiger charge is 2.39. The smallest absolute Gasteiger partial charge is 0.374 e. The predicted molar refractivity (Wildman–Crippen MR) is 39.7 cm³/mol. The van der Waals surface area contributed by atoms with Crippen LogP contribution in [0.15, 0.2) is 16.9 Å². The molecular weight excluding hydrogens is 182 g/mol. The Bertz CT molecular complexity index is 317. The first-order valence-electron chi connectivity index (χ1n) is 3.56. The van der Waals surface area contributed by atoms with Crippen LogP contribution in [-0.4, -0.2) is 17.0 Å². The molecule has 13 heavy (non-hydrogen) atoms. The summed E-state index contributed by atoms with van der Waals surface area (Å²) in [5, 5.41) is 8.15. The molecule has 0 aromatic carbocycles. The second-order valence-electron chi connectivity index (χ2n) is 2.77. The van der Waals surface area contributed by atoms with Crippen molar-refractivity contribution >= 4 is 5.97 Å². The van der Waals surface area contributed by atoms with Crippen molar-refractivity contribution in [1.29, 1.82) is 0 Å². The third-order valence-electron chi connectivity index (χ3n) is 1.69. The minimum atomic E-state index is -3.73. The van der Waals surface area contributed by atoms with Crippen molar-refractivity contribution in [3.8, 4) is 0 Å². The van der Waals surface area contributed by atoms with Gasteiger partial charge in [0.15, 0.2) is 0 Å². The monoisotopic (exact) mass is 190 g/mol. The molecule has 0 saturated heterocycles. The summed E-state index contributed by atoms with van der Waals surface area (Å²) in [5.74, 6) is -5.85. The molecule has 1 heterocycles. The SMILES string of the molecule is Cc1cocc1CC(F)(F)C(=O)O. The highest BCUT2D eigenvalue weighted by atomic mass is 19.3. The third kappa shape index (κ3) is 2.05. The number of carboxylic acids is 1. The van der Waals surface area contributed by atoms with E-state index in [1.165, 1.54) is 6.26 Å². The van der Waals surface area contributed by atoms with Crippen LogP contribution in [0.25, 0.3) is 0 Å². The Labute approximate surface area is 73.0 Å². The highest BCUT2D eigenvalue weighted by Crippen LogP contribution is 2.22. The molecule has 0 aliphatic carbocycles. The molecule has 1 aromatic rings. The fraction of sp³-hybridized carbons (Fsp3) is 0.375. The molecule has 3 nitrogen and oxygen atoms in total. The van der Waals surface area contributed by atoms with Crippen molar-refractivity contribution in [2.75, 3.05) is 0 Å². The molecule has 0 amide bonds. The first kappa shape index (κ1) is 9.70. The number of aryl methyl sites for hydroxylation is 1. The van der Waals surface area contributed by atoms with E-state index >= 15 is 0 Å². The van der Waals surface area contributed by atoms with Gasteiger partial charge in [0, 0.05) is 0 Å². The van der Waals surface area contributed by atoms with E-state index < -0.39 is 18.3 Å². The zero-order valence-electron chi connectivity index (χ0n) is 6.88. The van der Waals surface area contributed by atoms with Crippen LogP contribution in [0.5, 0.6) is 0 Å². The average molecular weight is 190 g/mol. The number of carboxylic acid groups (broad SMARTS) is 1. The van der Waals surface area contributed by atoms with E-state index in [-0.39, 0.29) is 5.56 Å². The van der Waals surface area contributed by atoms with Gasteiger partial charge in [-0.1, -0.05) is 0 Å². The van der Waals surface area contributed by atoms with Crippen molar-refractivity contribution in [3.05, 3.63) is 23.7 Å². The molecule has 1 rings (SSSR count). The summed E-state index contributed by atoms with van der Waals surface area (Å²) in [6.07, 6.45) is 1.60. The van der Waals surface area contributed by atoms with Crippen LogP contribution < -0.4 is 0 Å². The summed E-state index contributed by atoms with van der Waals surface area (Å²) in [4.78, 5) is 10.1. The second kappa shape index (κ2) is 3.16. The predicted octanol–water partition coefficient (Wildman–Crippen LogP) is 1.85. The summed E-state index contributed by atoms with van der Waals surface area (Å²) in [6, 6.07) is 0. The Morgan fingerprint density at radius 3 is 2.62 bits per heavy atom. The van der Waals surface area contributed by atoms with E-state index in [4.69, 9.17) is 5.11 Å². The zero-order chi connectivity index (χ0) is 10.1. The van der Waals surface area contributed by atoms with Crippen LogP contribution in [0.2, 0.25) is 0 Å². The van der Waals surface area contributed by atoms with Gasteiger partial charge in [0.25, 0.3) is 0 Å². The summed E-state index contributed by atoms with van der Waals surface area (Å²) in [6.45, 7) is 1.58. The number of alkyl halides is 2. The van der Waals surface area contributed by atoms with Crippen LogP contribution >= 0.6 is 0 Å². The minimum absolute atomic E-state index is 0.215. The maximum atomic E-state index is 12.6. The van der Waals surface area contributed by atoms with Gasteiger partial charge in [0.2, 0.25) is 0 Å². The normalized spacial score (nSPS) is 11.6. The Morgan fingerprint density at radius 1 is 1.62 bits per heavy atom. The maximum absolute atomic E-state index is 12.6. The first-order chi connectivity index (χ1) is 5.93. The standard InChI is InChI=1S/C8H8F2O3/c1-5-3-13-4-6(5)2-8(9,10)7(11)12/h3-4H,2H2,1H3,(H,11,12). The Kier molecular flexibility index (Phi) is 2.36. The number of halogens is 2. The van der Waals surface area contributed by atoms with Crippen molar-refractivity contribution in [2.45, 2.75) is 19.3 Å². The van der Waals surface area contributed by atoms with Crippen molar-refractivity contribution in [1.82, 2.24) is 0 Å². The Hall–Kier alpha value is -1.39. The molecule has 0 unspecified atom stereocenters. The molecule has 1 N–H and O–H groups in total. The summed E-state index contributed by atoms with van der Waals surface area (Å²) in [7, 11) is 0. The van der Waals surface area contributed by atoms with Crippen molar-refractivity contribution in [2.24, 2.45) is 0 Å². The van der Waals surface area contributed by atoms with Gasteiger partial charge >= 0.3 is 11.9 Å². The summed E-state index contributed by atoms with van der Waals surface area (Å²) < 4.78 is 29.9. The van der Waals surface area contributed by atoms with E-state index in [2.05, 4.69) is 4.42 Å². The van der Waals surface area contributed by atoms with E-state index in [0.717, 1.165) is 6.26 Å². The molecule has 1 aromatic heterocycles. The molecule has 0 saturated carbocycles. The molecule has 5 heteroatoms. The lowest BCUT2D eigenvalue weighted by Crippen LogP contribution is -2.30. The molecule has 0 bridgehead atoms. The first-order valence-corrected chi connectivity index (χ1v) is 3.56. The molecule has 72 valence electrons. The molecule has 0 radical (unpaired) electrons. The maximum Gasteiger partial charge on any atom is 0.374 e. The lowest BCUT2D eigenvalue weighted by Gasteiger charge is -2.09. The number of furan rings is 1. The van der Waals surface area contributed by atoms with Crippen LogP contribution in [0.1, 0.15) is 11.1 Å². The van der Waals surface area contributed by atoms with Gasteiger partial charge in [-0.05, 0) is 18.1 Å². The van der Waals surface area contributed by atoms with E-state index in [1.54, 1.807) is 6.92 Å². The number of aliphatic carboxylic acids is 1. The third-order valence-corrected chi connectivity index (χ3v) is 1.69. The number of carbonyl (C=O) groups is 1. The molecule has 0 aliphatic rings. The van der Waals surface area contributed by atoms with Gasteiger partial charge in [-0.15, -0.1) is 0 Å². The van der Waals surface area contributed by atoms with Crippen LogP contribution in [-0.2, 0) is 11.2 Å².